The SMILES string of the molecule is COc1ccc(OC[C@H](C)NC(=O)c2ccccc2OC)cc1. The van der Waals surface area contributed by atoms with Gasteiger partial charge in [-0.1, -0.05) is 12.1 Å². The number of nitrogens with one attached hydrogen (secondary N) is 1. The first kappa shape index (κ1) is 16.7. The molecular weight excluding hydrogens is 294 g/mol. The highest BCUT2D eigenvalue weighted by atomic mass is 16.5. The van der Waals surface area contributed by atoms with Gasteiger partial charge in [0.1, 0.15) is 23.9 Å². The van der Waals surface area contributed by atoms with Gasteiger partial charge in [0.05, 0.1) is 25.8 Å². The lowest BCUT2D eigenvalue weighted by molar-refractivity contribution is 0.0923. The van der Waals surface area contributed by atoms with Gasteiger partial charge < -0.3 is 19.5 Å². The monoisotopic (exact) mass is 315 g/mol. The van der Waals surface area contributed by atoms with Gasteiger partial charge in [-0.15, -0.1) is 0 Å². The molecule has 122 valence electrons. The van der Waals surface area contributed by atoms with Crippen LogP contribution in [0, 0.1) is 0 Å². The molecule has 2 aromatic rings. The van der Waals surface area contributed by atoms with Crippen LogP contribution >= 0.6 is 0 Å². The van der Waals surface area contributed by atoms with Gasteiger partial charge >= 0.3 is 0 Å². The number of carbonyl (C=O) groups is 1. The second kappa shape index (κ2) is 8.08. The van der Waals surface area contributed by atoms with Crippen LogP contribution < -0.4 is 19.5 Å². The number of hydrogen-bond acceptors (Lipinski definition) is 4. The number of rotatable bonds is 7. The molecule has 0 bridgehead atoms. The number of benzene rings is 2. The summed E-state index contributed by atoms with van der Waals surface area (Å²) in [5, 5.41) is 2.90. The van der Waals surface area contributed by atoms with Crippen molar-refractivity contribution in [1.29, 1.82) is 0 Å². The number of amides is 1. The molecule has 0 radical (unpaired) electrons. The van der Waals surface area contributed by atoms with Crippen LogP contribution in [0.2, 0.25) is 0 Å². The summed E-state index contributed by atoms with van der Waals surface area (Å²) in [6.45, 7) is 2.25. The van der Waals surface area contributed by atoms with Crippen LogP contribution in [0.5, 0.6) is 17.2 Å². The molecule has 0 aromatic heterocycles. The lowest BCUT2D eigenvalue weighted by atomic mass is 10.2. The van der Waals surface area contributed by atoms with Crippen LogP contribution in [0.15, 0.2) is 48.5 Å². The molecule has 0 saturated carbocycles. The first-order valence-corrected chi connectivity index (χ1v) is 7.34. The molecule has 0 heterocycles. The minimum atomic E-state index is -0.187. The van der Waals surface area contributed by atoms with Crippen LogP contribution in [0.1, 0.15) is 17.3 Å². The van der Waals surface area contributed by atoms with E-state index in [1.165, 1.54) is 0 Å². The molecule has 0 aliphatic rings. The van der Waals surface area contributed by atoms with Crippen LogP contribution in [0.4, 0.5) is 0 Å². The third-order valence-electron chi connectivity index (χ3n) is 3.29. The number of carbonyl (C=O) groups excluding carboxylic acids is 1. The second-order valence-electron chi connectivity index (χ2n) is 5.06. The summed E-state index contributed by atoms with van der Waals surface area (Å²) < 4.78 is 15.9. The molecule has 5 nitrogen and oxygen atoms in total. The highest BCUT2D eigenvalue weighted by molar-refractivity contribution is 5.97. The van der Waals surface area contributed by atoms with Crippen molar-refractivity contribution in [1.82, 2.24) is 5.32 Å². The lowest BCUT2D eigenvalue weighted by Crippen LogP contribution is -2.36. The van der Waals surface area contributed by atoms with Crippen LogP contribution in [-0.2, 0) is 0 Å². The summed E-state index contributed by atoms with van der Waals surface area (Å²) in [6.07, 6.45) is 0. The largest absolute Gasteiger partial charge is 0.497 e. The molecule has 0 unspecified atom stereocenters. The second-order valence-corrected chi connectivity index (χ2v) is 5.06. The molecule has 1 atom stereocenters. The fourth-order valence-corrected chi connectivity index (χ4v) is 2.07. The van der Waals surface area contributed by atoms with E-state index in [2.05, 4.69) is 5.32 Å². The topological polar surface area (TPSA) is 56.8 Å². The first-order chi connectivity index (χ1) is 11.1. The Morgan fingerprint density at radius 2 is 1.65 bits per heavy atom. The molecule has 23 heavy (non-hydrogen) atoms. The Balaban J connectivity index is 1.88. The summed E-state index contributed by atoms with van der Waals surface area (Å²) in [7, 11) is 3.16. The summed E-state index contributed by atoms with van der Waals surface area (Å²) in [5.74, 6) is 1.86. The van der Waals surface area contributed by atoms with E-state index in [0.29, 0.717) is 17.9 Å². The zero-order chi connectivity index (χ0) is 16.7. The fourth-order valence-electron chi connectivity index (χ4n) is 2.07. The van der Waals surface area contributed by atoms with E-state index in [0.717, 1.165) is 11.5 Å². The maximum atomic E-state index is 12.3. The first-order valence-electron chi connectivity index (χ1n) is 7.34. The van der Waals surface area contributed by atoms with E-state index in [9.17, 15) is 4.79 Å². The van der Waals surface area contributed by atoms with Gasteiger partial charge in [0.25, 0.3) is 5.91 Å². The third kappa shape index (κ3) is 4.64. The molecular formula is C18H21NO4. The van der Waals surface area contributed by atoms with Gasteiger partial charge in [0.15, 0.2) is 0 Å². The molecule has 2 rings (SSSR count). The number of para-hydroxylation sites is 1. The van der Waals surface area contributed by atoms with Crippen molar-refractivity contribution in [2.75, 3.05) is 20.8 Å². The van der Waals surface area contributed by atoms with Crippen LogP contribution in [0.3, 0.4) is 0 Å². The van der Waals surface area contributed by atoms with Crippen molar-refractivity contribution in [3.05, 3.63) is 54.1 Å². The van der Waals surface area contributed by atoms with Gasteiger partial charge in [0.2, 0.25) is 0 Å². The van der Waals surface area contributed by atoms with E-state index in [-0.39, 0.29) is 11.9 Å². The molecule has 0 aliphatic carbocycles. The molecule has 2 aromatic carbocycles. The minimum absolute atomic E-state index is 0.144. The maximum absolute atomic E-state index is 12.3. The zero-order valence-corrected chi connectivity index (χ0v) is 13.5. The van der Waals surface area contributed by atoms with E-state index in [4.69, 9.17) is 14.2 Å². The molecule has 5 heteroatoms. The molecule has 0 fully saturated rings. The summed E-state index contributed by atoms with van der Waals surface area (Å²) >= 11 is 0. The van der Waals surface area contributed by atoms with E-state index < -0.39 is 0 Å². The highest BCUT2D eigenvalue weighted by Gasteiger charge is 2.14. The quantitative estimate of drug-likeness (QED) is 0.853. The summed E-state index contributed by atoms with van der Waals surface area (Å²) in [4.78, 5) is 12.3. The Morgan fingerprint density at radius 3 is 2.30 bits per heavy atom. The van der Waals surface area contributed by atoms with Gasteiger partial charge in [-0.05, 0) is 43.3 Å². The summed E-state index contributed by atoms with van der Waals surface area (Å²) in [6, 6.07) is 14.3. The van der Waals surface area contributed by atoms with Crippen molar-refractivity contribution in [2.24, 2.45) is 0 Å². The summed E-state index contributed by atoms with van der Waals surface area (Å²) in [5.41, 5.74) is 0.506. The normalized spacial score (nSPS) is 11.4. The van der Waals surface area contributed by atoms with Gasteiger partial charge in [-0.25, -0.2) is 0 Å². The fraction of sp³-hybridized carbons (Fsp3) is 0.278. The van der Waals surface area contributed by atoms with Crippen LogP contribution in [0.25, 0.3) is 0 Å². The third-order valence-corrected chi connectivity index (χ3v) is 3.29. The smallest absolute Gasteiger partial charge is 0.255 e. The molecule has 0 spiro atoms. The van der Waals surface area contributed by atoms with Crippen molar-refractivity contribution in [3.8, 4) is 17.2 Å². The van der Waals surface area contributed by atoms with Crippen molar-refractivity contribution >= 4 is 5.91 Å². The van der Waals surface area contributed by atoms with Crippen LogP contribution in [-0.4, -0.2) is 32.8 Å². The number of ether oxygens (including phenoxy) is 3. The number of hydrogen-bond donors (Lipinski definition) is 1. The highest BCUT2D eigenvalue weighted by Crippen LogP contribution is 2.18. The molecule has 1 amide bonds. The standard InChI is InChI=1S/C18H21NO4/c1-13(12-23-15-10-8-14(21-2)9-11-15)19-18(20)16-6-4-5-7-17(16)22-3/h4-11,13H,12H2,1-3H3,(H,19,20)/t13-/m0/s1. The van der Waals surface area contributed by atoms with Crippen molar-refractivity contribution < 1.29 is 19.0 Å². The molecule has 0 saturated heterocycles. The lowest BCUT2D eigenvalue weighted by Gasteiger charge is -2.16. The van der Waals surface area contributed by atoms with E-state index in [1.54, 1.807) is 32.4 Å². The molecule has 0 aliphatic heterocycles. The Labute approximate surface area is 136 Å². The Kier molecular flexibility index (Phi) is 5.86. The van der Waals surface area contributed by atoms with Gasteiger partial charge in [-0.2, -0.15) is 0 Å². The Hall–Kier alpha value is -2.69. The van der Waals surface area contributed by atoms with Gasteiger partial charge in [-0.3, -0.25) is 4.79 Å². The Bertz CT molecular complexity index is 640. The zero-order valence-electron chi connectivity index (χ0n) is 13.5. The van der Waals surface area contributed by atoms with Crippen molar-refractivity contribution in [3.63, 3.8) is 0 Å². The van der Waals surface area contributed by atoms with Crippen molar-refractivity contribution in [2.45, 2.75) is 13.0 Å². The van der Waals surface area contributed by atoms with E-state index >= 15 is 0 Å². The van der Waals surface area contributed by atoms with Gasteiger partial charge in [0, 0.05) is 0 Å². The average Bonchev–Trinajstić information content (AvgIpc) is 2.60. The predicted octanol–water partition coefficient (Wildman–Crippen LogP) is 2.90. The van der Waals surface area contributed by atoms with E-state index in [1.807, 2.05) is 37.3 Å². The average molecular weight is 315 g/mol. The predicted molar refractivity (Wildman–Crippen MR) is 88.4 cm³/mol. The molecule has 1 N–H and O–H groups in total. The number of methoxy groups -OCH3 is 2. The minimum Gasteiger partial charge on any atom is -0.497 e. The maximum Gasteiger partial charge on any atom is 0.255 e. The Morgan fingerprint density at radius 1 is 1.00 bits per heavy atom.